The van der Waals surface area contributed by atoms with E-state index >= 15 is 0 Å². The highest BCUT2D eigenvalue weighted by Gasteiger charge is 2.46. The topological polar surface area (TPSA) is 190 Å². The number of fused-ring (bicyclic) bond motifs is 5. The summed E-state index contributed by atoms with van der Waals surface area (Å²) in [5, 5.41) is 51.6. The number of methoxy groups -OCH3 is 1. The molecule has 0 bridgehead atoms. The number of aliphatic hydroxyl groups is 5. The van der Waals surface area contributed by atoms with Crippen LogP contribution in [0, 0.1) is 0 Å². The van der Waals surface area contributed by atoms with E-state index in [1.54, 1.807) is 25.1 Å². The third kappa shape index (κ3) is 3.73. The molecule has 1 aromatic carbocycles. The molecule has 13 nitrogen and oxygen atoms in total. The Morgan fingerprint density at radius 1 is 1.15 bits per heavy atom. The number of carbonyl (C=O) groups excluding carboxylic acids is 1. The second-order valence-corrected chi connectivity index (χ2v) is 10.1. The minimum atomic E-state index is -1.93. The molecule has 5 N–H and O–H groups in total. The van der Waals surface area contributed by atoms with Crippen LogP contribution in [-0.2, 0) is 33.0 Å². The Bertz CT molecular complexity index is 1590. The first kappa shape index (κ1) is 26.6. The largest absolute Gasteiger partial charge is 0.492 e. The minimum absolute atomic E-state index is 0.0359. The molecule has 6 atom stereocenters. The Hall–Kier alpha value is -3.59. The summed E-state index contributed by atoms with van der Waals surface area (Å²) in [4.78, 5) is 30.6. The molecule has 6 rings (SSSR count). The molecule has 0 spiro atoms. The summed E-state index contributed by atoms with van der Waals surface area (Å²) < 4.78 is 23.5. The Labute approximate surface area is 226 Å². The molecule has 0 saturated carbocycles. The van der Waals surface area contributed by atoms with E-state index in [1.807, 2.05) is 0 Å². The van der Waals surface area contributed by atoms with Gasteiger partial charge in [0, 0.05) is 16.5 Å². The molecule has 1 fully saturated rings. The van der Waals surface area contributed by atoms with Crippen LogP contribution in [0.25, 0.3) is 22.3 Å². The molecular weight excluding hydrogens is 528 g/mol. The van der Waals surface area contributed by atoms with Crippen LogP contribution in [0.5, 0.6) is 11.5 Å². The maximum Gasteiger partial charge on any atom is 0.343 e. The molecular formula is C27H28N2O11. The smallest absolute Gasteiger partial charge is 0.343 e. The van der Waals surface area contributed by atoms with E-state index in [9.17, 15) is 35.1 Å². The van der Waals surface area contributed by atoms with Crippen LogP contribution < -0.4 is 15.0 Å². The number of pyridine rings is 2. The molecule has 0 aliphatic carbocycles. The number of hydrogen-bond donors (Lipinski definition) is 5. The van der Waals surface area contributed by atoms with Crippen LogP contribution in [0.3, 0.4) is 0 Å². The molecule has 0 radical (unpaired) electrons. The lowest BCUT2D eigenvalue weighted by Crippen LogP contribution is -2.60. The SMILES string of the molecule is CCC1(O)C(=O)OCc2c1cc1n(c2=O)Cc2cc3c(OC)c(OC4OC(CO)C(O)C(O)C4O)ccc3nc2-1. The molecule has 13 heteroatoms. The zero-order valence-electron chi connectivity index (χ0n) is 21.6. The quantitative estimate of drug-likeness (QED) is 0.194. The van der Waals surface area contributed by atoms with Crippen LogP contribution >= 0.6 is 0 Å². The van der Waals surface area contributed by atoms with E-state index in [1.165, 1.54) is 17.7 Å². The van der Waals surface area contributed by atoms with Gasteiger partial charge in [0.25, 0.3) is 5.56 Å². The molecule has 1 saturated heterocycles. The van der Waals surface area contributed by atoms with Gasteiger partial charge in [0.1, 0.15) is 31.0 Å². The van der Waals surface area contributed by atoms with Gasteiger partial charge in [-0.1, -0.05) is 6.92 Å². The number of carbonyl (C=O) groups is 1. The molecule has 2 aromatic heterocycles. The normalized spacial score (nSPS) is 29.0. The standard InChI is InChI=1S/C27H28N2O11/c1-3-27(36)14-7-16-19-11(8-29(16)24(34)13(14)10-38-26(27)35)6-12-15(28-19)4-5-17(23(12)37-2)39-25-22(33)21(32)20(31)18(9-30)40-25/h4-7,18,20-22,25,30-33,36H,3,8-10H2,1-2H3. The molecule has 3 aliphatic heterocycles. The van der Waals surface area contributed by atoms with Crippen LogP contribution in [-0.4, -0.2) is 85.5 Å². The van der Waals surface area contributed by atoms with Gasteiger partial charge in [-0.2, -0.15) is 0 Å². The van der Waals surface area contributed by atoms with Gasteiger partial charge >= 0.3 is 5.97 Å². The Balaban J connectivity index is 1.42. The summed E-state index contributed by atoms with van der Waals surface area (Å²) >= 11 is 0. The Kier molecular flexibility index (Phi) is 6.33. The van der Waals surface area contributed by atoms with Gasteiger partial charge in [0.05, 0.1) is 42.7 Å². The first-order chi connectivity index (χ1) is 19.1. The van der Waals surface area contributed by atoms with Crippen LogP contribution in [0.15, 0.2) is 29.1 Å². The van der Waals surface area contributed by atoms with E-state index in [0.717, 1.165) is 0 Å². The Morgan fingerprint density at radius 3 is 2.62 bits per heavy atom. The van der Waals surface area contributed by atoms with Crippen molar-refractivity contribution in [2.24, 2.45) is 0 Å². The van der Waals surface area contributed by atoms with E-state index in [2.05, 4.69) is 0 Å². The van der Waals surface area contributed by atoms with Crippen molar-refractivity contribution in [1.29, 1.82) is 0 Å². The molecule has 3 aliphatic rings. The van der Waals surface area contributed by atoms with E-state index in [-0.39, 0.29) is 47.8 Å². The summed E-state index contributed by atoms with van der Waals surface area (Å²) in [6.45, 7) is 0.985. The fourth-order valence-corrected chi connectivity index (χ4v) is 5.60. The number of benzene rings is 1. The predicted molar refractivity (Wildman–Crippen MR) is 135 cm³/mol. The van der Waals surface area contributed by atoms with Crippen molar-refractivity contribution in [2.75, 3.05) is 13.7 Å². The molecule has 5 heterocycles. The van der Waals surface area contributed by atoms with Crippen molar-refractivity contribution in [3.05, 3.63) is 51.3 Å². The predicted octanol–water partition coefficient (Wildman–Crippen LogP) is -0.733. The number of esters is 1. The first-order valence-corrected chi connectivity index (χ1v) is 12.8. The van der Waals surface area contributed by atoms with Gasteiger partial charge in [-0.15, -0.1) is 0 Å². The number of aliphatic hydroxyl groups excluding tert-OH is 4. The van der Waals surface area contributed by atoms with E-state index < -0.39 is 48.9 Å². The molecule has 40 heavy (non-hydrogen) atoms. The van der Waals surface area contributed by atoms with Gasteiger partial charge in [0.15, 0.2) is 17.1 Å². The number of aromatic nitrogens is 2. The van der Waals surface area contributed by atoms with Gasteiger partial charge in [-0.3, -0.25) is 4.79 Å². The zero-order chi connectivity index (χ0) is 28.5. The lowest BCUT2D eigenvalue weighted by atomic mass is 9.86. The fraction of sp³-hybridized carbons (Fsp3) is 0.444. The van der Waals surface area contributed by atoms with Crippen LogP contribution in [0.4, 0.5) is 0 Å². The highest BCUT2D eigenvalue weighted by atomic mass is 16.7. The molecule has 6 unspecified atom stereocenters. The fourth-order valence-electron chi connectivity index (χ4n) is 5.60. The second kappa shape index (κ2) is 9.51. The summed E-state index contributed by atoms with van der Waals surface area (Å²) in [5.41, 5.74) is 0.269. The van der Waals surface area contributed by atoms with Crippen LogP contribution in [0.2, 0.25) is 0 Å². The van der Waals surface area contributed by atoms with Crippen molar-refractivity contribution >= 4 is 16.9 Å². The van der Waals surface area contributed by atoms with Gasteiger partial charge < -0.3 is 49.0 Å². The average Bonchev–Trinajstić information content (AvgIpc) is 3.32. The van der Waals surface area contributed by atoms with Crippen molar-refractivity contribution < 1.29 is 49.3 Å². The average molecular weight is 557 g/mol. The van der Waals surface area contributed by atoms with Gasteiger partial charge in [-0.05, 0) is 30.7 Å². The summed E-state index contributed by atoms with van der Waals surface area (Å²) in [7, 11) is 1.41. The minimum Gasteiger partial charge on any atom is -0.492 e. The zero-order valence-corrected chi connectivity index (χ0v) is 21.6. The summed E-state index contributed by atoms with van der Waals surface area (Å²) in [6, 6.07) is 6.58. The lowest BCUT2D eigenvalue weighted by molar-refractivity contribution is -0.277. The first-order valence-electron chi connectivity index (χ1n) is 12.8. The number of hydrogen-bond acceptors (Lipinski definition) is 12. The second-order valence-electron chi connectivity index (χ2n) is 10.1. The van der Waals surface area contributed by atoms with Crippen molar-refractivity contribution in [2.45, 2.75) is 62.8 Å². The monoisotopic (exact) mass is 556 g/mol. The third-order valence-electron chi connectivity index (χ3n) is 7.90. The third-order valence-corrected chi connectivity index (χ3v) is 7.90. The molecule has 0 amide bonds. The van der Waals surface area contributed by atoms with Crippen LogP contribution in [0.1, 0.15) is 30.0 Å². The number of cyclic esters (lactones) is 1. The Morgan fingerprint density at radius 2 is 1.93 bits per heavy atom. The highest BCUT2D eigenvalue weighted by Crippen LogP contribution is 2.42. The van der Waals surface area contributed by atoms with E-state index in [0.29, 0.717) is 27.9 Å². The molecule has 3 aromatic rings. The summed E-state index contributed by atoms with van der Waals surface area (Å²) in [5.74, 6) is -0.409. The van der Waals surface area contributed by atoms with Gasteiger partial charge in [0.2, 0.25) is 6.29 Å². The number of ether oxygens (including phenoxy) is 4. The highest BCUT2D eigenvalue weighted by molar-refractivity contribution is 5.91. The summed E-state index contributed by atoms with van der Waals surface area (Å²) in [6.07, 6.45) is -7.27. The van der Waals surface area contributed by atoms with Gasteiger partial charge in [-0.25, -0.2) is 9.78 Å². The molecule has 212 valence electrons. The van der Waals surface area contributed by atoms with Crippen molar-refractivity contribution in [3.63, 3.8) is 0 Å². The van der Waals surface area contributed by atoms with Crippen molar-refractivity contribution in [3.8, 4) is 22.9 Å². The van der Waals surface area contributed by atoms with E-state index in [4.69, 9.17) is 23.9 Å². The maximum atomic E-state index is 13.4. The lowest BCUT2D eigenvalue weighted by Gasteiger charge is -2.39. The maximum absolute atomic E-state index is 13.4. The number of rotatable bonds is 5. The van der Waals surface area contributed by atoms with Crippen molar-refractivity contribution in [1.82, 2.24) is 9.55 Å². The number of nitrogens with zero attached hydrogens (tertiary/aromatic N) is 2.